The first-order valence-electron chi connectivity index (χ1n) is 7.41. The van der Waals surface area contributed by atoms with Gasteiger partial charge in [-0.25, -0.2) is 0 Å². The molecule has 0 N–H and O–H groups in total. The largest absolute Gasteiger partial charge is 0.326 e. The third-order valence-electron chi connectivity index (χ3n) is 3.96. The Kier molecular flexibility index (Phi) is 4.06. The van der Waals surface area contributed by atoms with Crippen LogP contribution in [0.15, 0.2) is 42.7 Å². The SMILES string of the molecule is CCc1ccccc1-n1ccc(C2SCC(=O)N2CC)c1. The van der Waals surface area contributed by atoms with Crippen molar-refractivity contribution in [3.8, 4) is 5.69 Å². The Balaban J connectivity index is 1.92. The van der Waals surface area contributed by atoms with Gasteiger partial charge in [0.2, 0.25) is 5.91 Å². The maximum absolute atomic E-state index is 11.9. The summed E-state index contributed by atoms with van der Waals surface area (Å²) in [6, 6.07) is 10.6. The van der Waals surface area contributed by atoms with Crippen molar-refractivity contribution >= 4 is 17.7 Å². The van der Waals surface area contributed by atoms with Crippen molar-refractivity contribution in [2.45, 2.75) is 25.6 Å². The molecule has 110 valence electrons. The number of hydrogen-bond donors (Lipinski definition) is 0. The van der Waals surface area contributed by atoms with Gasteiger partial charge in [-0.2, -0.15) is 0 Å². The van der Waals surface area contributed by atoms with Crippen LogP contribution in [0.4, 0.5) is 0 Å². The van der Waals surface area contributed by atoms with Gasteiger partial charge in [0.05, 0.1) is 5.75 Å². The number of thioether (sulfide) groups is 1. The second-order valence-corrected chi connectivity index (χ2v) is 6.25. The fourth-order valence-electron chi connectivity index (χ4n) is 2.84. The molecule has 0 bridgehead atoms. The smallest absolute Gasteiger partial charge is 0.233 e. The maximum atomic E-state index is 11.9. The Bertz CT molecular complexity index is 650. The van der Waals surface area contributed by atoms with Crippen molar-refractivity contribution in [2.75, 3.05) is 12.3 Å². The summed E-state index contributed by atoms with van der Waals surface area (Å²) >= 11 is 1.72. The Morgan fingerprint density at radius 1 is 1.24 bits per heavy atom. The number of aryl methyl sites for hydroxylation is 1. The highest BCUT2D eigenvalue weighted by Gasteiger charge is 2.31. The molecule has 1 fully saturated rings. The van der Waals surface area contributed by atoms with Crippen LogP contribution in [-0.4, -0.2) is 27.7 Å². The molecular formula is C17H20N2OS. The monoisotopic (exact) mass is 300 g/mol. The van der Waals surface area contributed by atoms with Crippen LogP contribution < -0.4 is 0 Å². The average molecular weight is 300 g/mol. The van der Waals surface area contributed by atoms with Crippen molar-refractivity contribution in [3.05, 3.63) is 53.9 Å². The normalized spacial score (nSPS) is 18.5. The molecule has 1 unspecified atom stereocenters. The lowest BCUT2D eigenvalue weighted by Crippen LogP contribution is -2.27. The molecule has 0 saturated carbocycles. The van der Waals surface area contributed by atoms with E-state index < -0.39 is 0 Å². The van der Waals surface area contributed by atoms with Gasteiger partial charge in [0, 0.05) is 30.2 Å². The van der Waals surface area contributed by atoms with E-state index in [0.29, 0.717) is 5.75 Å². The summed E-state index contributed by atoms with van der Waals surface area (Å²) in [5.74, 6) is 0.837. The van der Waals surface area contributed by atoms with E-state index in [-0.39, 0.29) is 11.3 Å². The van der Waals surface area contributed by atoms with Crippen LogP contribution in [0.5, 0.6) is 0 Å². The van der Waals surface area contributed by atoms with Crippen LogP contribution in [0.3, 0.4) is 0 Å². The number of carbonyl (C=O) groups excluding carboxylic acids is 1. The number of nitrogens with zero attached hydrogens (tertiary/aromatic N) is 2. The first-order valence-corrected chi connectivity index (χ1v) is 8.46. The molecule has 1 amide bonds. The predicted octanol–water partition coefficient (Wildman–Crippen LogP) is 3.63. The molecule has 2 heterocycles. The molecular weight excluding hydrogens is 280 g/mol. The van der Waals surface area contributed by atoms with Crippen LogP contribution in [0.2, 0.25) is 0 Å². The van der Waals surface area contributed by atoms with Crippen LogP contribution in [0.1, 0.15) is 30.3 Å². The van der Waals surface area contributed by atoms with E-state index in [1.807, 2.05) is 11.8 Å². The van der Waals surface area contributed by atoms with Gasteiger partial charge in [-0.15, -0.1) is 11.8 Å². The Morgan fingerprint density at radius 3 is 2.81 bits per heavy atom. The quantitative estimate of drug-likeness (QED) is 0.861. The van der Waals surface area contributed by atoms with E-state index in [0.717, 1.165) is 13.0 Å². The van der Waals surface area contributed by atoms with Gasteiger partial charge in [-0.3, -0.25) is 4.79 Å². The molecule has 1 saturated heterocycles. The number of benzene rings is 1. The minimum Gasteiger partial charge on any atom is -0.326 e. The summed E-state index contributed by atoms with van der Waals surface area (Å²) in [4.78, 5) is 13.8. The molecule has 0 spiro atoms. The molecule has 3 nitrogen and oxygen atoms in total. The van der Waals surface area contributed by atoms with E-state index in [2.05, 4.69) is 54.2 Å². The minimum absolute atomic E-state index is 0.164. The highest BCUT2D eigenvalue weighted by Crippen LogP contribution is 2.38. The van der Waals surface area contributed by atoms with Crippen LogP contribution >= 0.6 is 11.8 Å². The van der Waals surface area contributed by atoms with Crippen LogP contribution in [0, 0.1) is 0 Å². The summed E-state index contributed by atoms with van der Waals surface area (Å²) in [6.45, 7) is 4.99. The third kappa shape index (κ3) is 2.60. The first-order chi connectivity index (χ1) is 10.2. The zero-order chi connectivity index (χ0) is 14.8. The second kappa shape index (κ2) is 5.98. The lowest BCUT2D eigenvalue weighted by molar-refractivity contribution is -0.127. The lowest BCUT2D eigenvalue weighted by atomic mass is 10.1. The van der Waals surface area contributed by atoms with Crippen molar-refractivity contribution in [2.24, 2.45) is 0 Å². The average Bonchev–Trinajstić information content (AvgIpc) is 3.13. The number of para-hydroxylation sites is 1. The highest BCUT2D eigenvalue weighted by atomic mass is 32.2. The predicted molar refractivity (Wildman–Crippen MR) is 87.7 cm³/mol. The third-order valence-corrected chi connectivity index (χ3v) is 5.22. The van der Waals surface area contributed by atoms with Crippen molar-refractivity contribution in [1.82, 2.24) is 9.47 Å². The molecule has 4 heteroatoms. The highest BCUT2D eigenvalue weighted by molar-refractivity contribution is 8.00. The second-order valence-electron chi connectivity index (χ2n) is 5.18. The lowest BCUT2D eigenvalue weighted by Gasteiger charge is -2.21. The van der Waals surface area contributed by atoms with Crippen LogP contribution in [0.25, 0.3) is 5.69 Å². The molecule has 1 aliphatic heterocycles. The number of hydrogen-bond acceptors (Lipinski definition) is 2. The summed E-state index contributed by atoms with van der Waals surface area (Å²) < 4.78 is 2.17. The van der Waals surface area contributed by atoms with Crippen LogP contribution in [-0.2, 0) is 11.2 Å². The number of carbonyl (C=O) groups is 1. The van der Waals surface area contributed by atoms with Crippen molar-refractivity contribution in [1.29, 1.82) is 0 Å². The number of amides is 1. The van der Waals surface area contributed by atoms with Gasteiger partial charge < -0.3 is 9.47 Å². The van der Waals surface area contributed by atoms with Gasteiger partial charge in [0.25, 0.3) is 0 Å². The van der Waals surface area contributed by atoms with E-state index >= 15 is 0 Å². The van der Waals surface area contributed by atoms with Gasteiger partial charge in [0.1, 0.15) is 5.37 Å². The zero-order valence-corrected chi connectivity index (χ0v) is 13.3. The summed E-state index contributed by atoms with van der Waals surface area (Å²) in [7, 11) is 0. The number of rotatable bonds is 4. The van der Waals surface area contributed by atoms with Gasteiger partial charge in [0.15, 0.2) is 0 Å². The fourth-order valence-corrected chi connectivity index (χ4v) is 4.09. The molecule has 1 aromatic carbocycles. The fraction of sp³-hybridized carbons (Fsp3) is 0.353. The van der Waals surface area contributed by atoms with Gasteiger partial charge in [-0.1, -0.05) is 25.1 Å². The van der Waals surface area contributed by atoms with E-state index in [4.69, 9.17) is 0 Å². The van der Waals surface area contributed by atoms with E-state index in [9.17, 15) is 4.79 Å². The zero-order valence-electron chi connectivity index (χ0n) is 12.5. The molecule has 0 aliphatic carbocycles. The van der Waals surface area contributed by atoms with E-state index in [1.54, 1.807) is 11.8 Å². The van der Waals surface area contributed by atoms with Gasteiger partial charge >= 0.3 is 0 Å². The molecule has 21 heavy (non-hydrogen) atoms. The Morgan fingerprint density at radius 2 is 2.05 bits per heavy atom. The first kappa shape index (κ1) is 14.3. The standard InChI is InChI=1S/C17H20N2OS/c1-3-13-7-5-6-8-15(13)18-10-9-14(11-18)17-19(4-2)16(20)12-21-17/h5-11,17H,3-4,12H2,1-2H3. The van der Waals surface area contributed by atoms with Crippen molar-refractivity contribution < 1.29 is 4.79 Å². The van der Waals surface area contributed by atoms with Crippen molar-refractivity contribution in [3.63, 3.8) is 0 Å². The summed E-state index contributed by atoms with van der Waals surface area (Å²) in [5, 5.41) is 0.164. The summed E-state index contributed by atoms with van der Waals surface area (Å²) in [6.07, 6.45) is 5.27. The molecule has 1 atom stereocenters. The maximum Gasteiger partial charge on any atom is 0.233 e. The molecule has 1 aromatic heterocycles. The molecule has 2 aromatic rings. The molecule has 0 radical (unpaired) electrons. The Labute approximate surface area is 130 Å². The minimum atomic E-state index is 0.164. The van der Waals surface area contributed by atoms with E-state index in [1.165, 1.54) is 16.8 Å². The summed E-state index contributed by atoms with van der Waals surface area (Å²) in [5.41, 5.74) is 3.77. The molecule has 1 aliphatic rings. The molecule has 3 rings (SSSR count). The number of aromatic nitrogens is 1. The Hall–Kier alpha value is -1.68. The topological polar surface area (TPSA) is 25.2 Å². The van der Waals surface area contributed by atoms with Gasteiger partial charge in [-0.05, 0) is 31.0 Å².